The van der Waals surface area contributed by atoms with Crippen molar-refractivity contribution in [2.24, 2.45) is 0 Å². The van der Waals surface area contributed by atoms with Crippen LogP contribution in [0.15, 0.2) is 77.3 Å². The molecule has 7 nitrogen and oxygen atoms in total. The molecule has 0 aliphatic carbocycles. The van der Waals surface area contributed by atoms with Crippen LogP contribution in [0.2, 0.25) is 0 Å². The molecule has 10 heteroatoms. The van der Waals surface area contributed by atoms with Gasteiger partial charge in [-0.05, 0) is 66.6 Å². The molecule has 0 aliphatic rings. The lowest BCUT2D eigenvalue weighted by atomic mass is 10.1. The van der Waals surface area contributed by atoms with Gasteiger partial charge in [-0.1, -0.05) is 6.07 Å². The van der Waals surface area contributed by atoms with Crippen LogP contribution in [0.3, 0.4) is 0 Å². The third-order valence-corrected chi connectivity index (χ3v) is 7.52. The molecule has 1 N–H and O–H groups in total. The van der Waals surface area contributed by atoms with Gasteiger partial charge in [-0.2, -0.15) is 5.10 Å². The molecule has 2 aromatic heterocycles. The quantitative estimate of drug-likeness (QED) is 0.357. The Kier molecular flexibility index (Phi) is 5.49. The Morgan fingerprint density at radius 2 is 1.91 bits per heavy atom. The predicted molar refractivity (Wildman–Crippen MR) is 125 cm³/mol. The summed E-state index contributed by atoms with van der Waals surface area (Å²) in [5.41, 5.74) is 4.68. The SMILES string of the molecule is O=C[C@H](Cc1ccc2c(cnn2-c2ccc(F)cc2)c1)NS(=O)(=O)c1ccc2ncsc2c1. The van der Waals surface area contributed by atoms with Crippen LogP contribution in [0, 0.1) is 5.82 Å². The minimum atomic E-state index is -3.89. The molecular formula is C23H17FN4O3S2. The number of aromatic nitrogens is 3. The van der Waals surface area contributed by atoms with E-state index in [1.54, 1.807) is 40.7 Å². The summed E-state index contributed by atoms with van der Waals surface area (Å²) in [5, 5.41) is 5.18. The van der Waals surface area contributed by atoms with Crippen LogP contribution in [-0.2, 0) is 21.2 Å². The maximum Gasteiger partial charge on any atom is 0.241 e. The van der Waals surface area contributed by atoms with Crippen LogP contribution in [0.1, 0.15) is 5.56 Å². The molecule has 0 unspecified atom stereocenters. The molecule has 0 amide bonds. The summed E-state index contributed by atoms with van der Waals surface area (Å²) in [6.07, 6.45) is 2.45. The highest BCUT2D eigenvalue weighted by atomic mass is 32.2. The van der Waals surface area contributed by atoms with E-state index in [-0.39, 0.29) is 17.1 Å². The van der Waals surface area contributed by atoms with Crippen LogP contribution >= 0.6 is 11.3 Å². The number of thiazole rings is 1. The van der Waals surface area contributed by atoms with Crippen molar-refractivity contribution in [1.29, 1.82) is 0 Å². The van der Waals surface area contributed by atoms with Gasteiger partial charge in [0, 0.05) is 5.39 Å². The van der Waals surface area contributed by atoms with E-state index in [0.29, 0.717) is 6.29 Å². The van der Waals surface area contributed by atoms with Gasteiger partial charge in [0.25, 0.3) is 0 Å². The molecule has 5 aromatic rings. The Balaban J connectivity index is 1.37. The Morgan fingerprint density at radius 3 is 2.70 bits per heavy atom. The normalized spacial score (nSPS) is 12.9. The van der Waals surface area contributed by atoms with Gasteiger partial charge in [0.05, 0.1) is 44.1 Å². The van der Waals surface area contributed by atoms with Crippen molar-refractivity contribution in [2.75, 3.05) is 0 Å². The van der Waals surface area contributed by atoms with E-state index < -0.39 is 16.1 Å². The second-order valence-corrected chi connectivity index (χ2v) is 10.1. The van der Waals surface area contributed by atoms with Gasteiger partial charge in [-0.25, -0.2) is 27.2 Å². The zero-order valence-electron chi connectivity index (χ0n) is 17.1. The molecule has 0 saturated heterocycles. The lowest BCUT2D eigenvalue weighted by molar-refractivity contribution is -0.109. The van der Waals surface area contributed by atoms with Crippen LogP contribution in [0.4, 0.5) is 4.39 Å². The van der Waals surface area contributed by atoms with E-state index in [1.807, 2.05) is 18.2 Å². The number of nitrogens with zero attached hydrogens (tertiary/aromatic N) is 3. The minimum absolute atomic E-state index is 0.0853. The third kappa shape index (κ3) is 4.28. The summed E-state index contributed by atoms with van der Waals surface area (Å²) in [6, 6.07) is 15.3. The number of carbonyl (C=O) groups excluding carboxylic acids is 1. The van der Waals surface area contributed by atoms with E-state index in [0.717, 1.165) is 32.4 Å². The first-order valence-electron chi connectivity index (χ1n) is 9.96. The van der Waals surface area contributed by atoms with Crippen molar-refractivity contribution < 1.29 is 17.6 Å². The Morgan fingerprint density at radius 1 is 1.09 bits per heavy atom. The Labute approximate surface area is 192 Å². The first-order chi connectivity index (χ1) is 15.9. The smallest absolute Gasteiger partial charge is 0.241 e. The molecule has 0 aliphatic heterocycles. The monoisotopic (exact) mass is 480 g/mol. The molecule has 3 aromatic carbocycles. The number of sulfonamides is 1. The molecule has 0 saturated carbocycles. The van der Waals surface area contributed by atoms with Crippen LogP contribution in [0.25, 0.3) is 26.8 Å². The standard InChI is InChI=1S/C23H17FN4O3S2/c24-17-2-4-19(5-3-17)28-22-8-1-15(9-16(22)12-26-28)10-18(13-29)27-33(30,31)20-6-7-21-23(11-20)32-14-25-21/h1-9,11-14,18,27H,10H2/t18-/m0/s1. The molecule has 0 radical (unpaired) electrons. The van der Waals surface area contributed by atoms with Gasteiger partial charge < -0.3 is 4.79 Å². The highest BCUT2D eigenvalue weighted by Gasteiger charge is 2.21. The molecule has 1 atom stereocenters. The fourth-order valence-corrected chi connectivity index (χ4v) is 5.62. The van der Waals surface area contributed by atoms with Crippen molar-refractivity contribution in [2.45, 2.75) is 17.4 Å². The van der Waals surface area contributed by atoms with Gasteiger partial charge in [0.1, 0.15) is 12.1 Å². The van der Waals surface area contributed by atoms with Gasteiger partial charge in [-0.15, -0.1) is 11.3 Å². The average Bonchev–Trinajstić information content (AvgIpc) is 3.45. The summed E-state index contributed by atoms with van der Waals surface area (Å²) in [5.74, 6) is -0.327. The van der Waals surface area contributed by atoms with E-state index in [9.17, 15) is 17.6 Å². The molecular weight excluding hydrogens is 463 g/mol. The van der Waals surface area contributed by atoms with Gasteiger partial charge in [0.2, 0.25) is 10.0 Å². The molecule has 0 bridgehead atoms. The van der Waals surface area contributed by atoms with Gasteiger partial charge in [-0.3, -0.25) is 0 Å². The summed E-state index contributed by atoms with van der Waals surface area (Å²) in [4.78, 5) is 15.9. The van der Waals surface area contributed by atoms with Crippen molar-refractivity contribution in [3.63, 3.8) is 0 Å². The number of hydrogen-bond donors (Lipinski definition) is 1. The molecule has 2 heterocycles. The van der Waals surface area contributed by atoms with Gasteiger partial charge in [0.15, 0.2) is 0 Å². The molecule has 5 rings (SSSR count). The Hall–Kier alpha value is -3.47. The number of carbonyl (C=O) groups is 1. The van der Waals surface area contributed by atoms with Crippen molar-refractivity contribution >= 4 is 48.8 Å². The predicted octanol–water partition coefficient (Wildman–Crippen LogP) is 3.86. The zero-order chi connectivity index (χ0) is 23.0. The highest BCUT2D eigenvalue weighted by molar-refractivity contribution is 7.89. The number of halogens is 1. The summed E-state index contributed by atoms with van der Waals surface area (Å²) in [7, 11) is -3.89. The molecule has 0 fully saturated rings. The van der Waals surface area contributed by atoms with Crippen LogP contribution in [-0.4, -0.2) is 35.5 Å². The molecule has 166 valence electrons. The second kappa shape index (κ2) is 8.47. The van der Waals surface area contributed by atoms with Crippen molar-refractivity contribution in [3.8, 4) is 5.69 Å². The Bertz CT molecular complexity index is 1580. The highest BCUT2D eigenvalue weighted by Crippen LogP contribution is 2.23. The minimum Gasteiger partial charge on any atom is -0.302 e. The average molecular weight is 481 g/mol. The lowest BCUT2D eigenvalue weighted by Crippen LogP contribution is -2.37. The van der Waals surface area contributed by atoms with E-state index in [2.05, 4.69) is 14.8 Å². The topological polar surface area (TPSA) is 94.0 Å². The van der Waals surface area contributed by atoms with E-state index in [1.165, 1.54) is 29.5 Å². The van der Waals surface area contributed by atoms with Crippen LogP contribution in [0.5, 0.6) is 0 Å². The number of benzene rings is 3. The maximum atomic E-state index is 13.2. The first kappa shape index (κ1) is 21.4. The number of nitrogens with one attached hydrogen (secondary N) is 1. The van der Waals surface area contributed by atoms with E-state index >= 15 is 0 Å². The third-order valence-electron chi connectivity index (χ3n) is 5.24. The number of aldehydes is 1. The maximum absolute atomic E-state index is 13.2. The number of fused-ring (bicyclic) bond motifs is 2. The summed E-state index contributed by atoms with van der Waals surface area (Å²) >= 11 is 1.35. The fraction of sp³-hybridized carbons (Fsp3) is 0.0870. The first-order valence-corrected chi connectivity index (χ1v) is 12.3. The number of rotatable bonds is 7. The summed E-state index contributed by atoms with van der Waals surface area (Å²) in [6.45, 7) is 0. The lowest BCUT2D eigenvalue weighted by Gasteiger charge is -2.14. The van der Waals surface area contributed by atoms with Crippen LogP contribution < -0.4 is 4.72 Å². The molecule has 33 heavy (non-hydrogen) atoms. The van der Waals surface area contributed by atoms with Gasteiger partial charge >= 0.3 is 0 Å². The molecule has 0 spiro atoms. The van der Waals surface area contributed by atoms with E-state index in [4.69, 9.17) is 0 Å². The number of hydrogen-bond acceptors (Lipinski definition) is 6. The zero-order valence-corrected chi connectivity index (χ0v) is 18.7. The largest absolute Gasteiger partial charge is 0.302 e. The second-order valence-electron chi connectivity index (χ2n) is 7.48. The van der Waals surface area contributed by atoms with Crippen molar-refractivity contribution in [1.82, 2.24) is 19.5 Å². The summed E-state index contributed by atoms with van der Waals surface area (Å²) < 4.78 is 43.8. The fourth-order valence-electron chi connectivity index (χ4n) is 3.64. The van der Waals surface area contributed by atoms with Crippen molar-refractivity contribution in [3.05, 3.63) is 83.8 Å².